The van der Waals surface area contributed by atoms with Crippen LogP contribution in [0.5, 0.6) is 0 Å². The predicted molar refractivity (Wildman–Crippen MR) is 99.8 cm³/mol. The molecule has 8 nitrogen and oxygen atoms in total. The summed E-state index contributed by atoms with van der Waals surface area (Å²) in [6.45, 7) is 3.69. The average molecular weight is 389 g/mol. The number of nitrogens with zero attached hydrogens (tertiary/aromatic N) is 3. The van der Waals surface area contributed by atoms with Gasteiger partial charge >= 0.3 is 11.9 Å². The van der Waals surface area contributed by atoms with Crippen molar-refractivity contribution in [3.8, 4) is 11.4 Å². The zero-order valence-corrected chi connectivity index (χ0v) is 15.5. The molecule has 1 aromatic carbocycles. The Morgan fingerprint density at radius 2 is 1.63 bits per heavy atom. The van der Waals surface area contributed by atoms with Gasteiger partial charge in [0.25, 0.3) is 0 Å². The molecule has 0 radical (unpaired) electrons. The molecular formula is C18H17ClN4O4. The number of esters is 2. The van der Waals surface area contributed by atoms with E-state index in [4.69, 9.17) is 26.8 Å². The molecule has 2 aromatic heterocycles. The molecule has 3 aromatic rings. The van der Waals surface area contributed by atoms with Crippen LogP contribution < -0.4 is 5.73 Å². The van der Waals surface area contributed by atoms with Gasteiger partial charge in [-0.25, -0.2) is 9.59 Å². The fourth-order valence-electron chi connectivity index (χ4n) is 2.61. The monoisotopic (exact) mass is 388 g/mol. The summed E-state index contributed by atoms with van der Waals surface area (Å²) in [6.07, 6.45) is 0. The van der Waals surface area contributed by atoms with Crippen molar-refractivity contribution in [1.82, 2.24) is 14.6 Å². The number of pyridine rings is 1. The number of carbonyl (C=O) groups is 2. The molecule has 2 heterocycles. The number of aromatic nitrogens is 3. The van der Waals surface area contributed by atoms with Crippen LogP contribution >= 0.6 is 11.6 Å². The Kier molecular flexibility index (Phi) is 5.27. The molecule has 0 fully saturated rings. The van der Waals surface area contributed by atoms with Gasteiger partial charge in [-0.1, -0.05) is 11.6 Å². The van der Waals surface area contributed by atoms with Crippen molar-refractivity contribution in [2.24, 2.45) is 0 Å². The summed E-state index contributed by atoms with van der Waals surface area (Å²) in [7, 11) is 0. The van der Waals surface area contributed by atoms with Gasteiger partial charge in [-0.05, 0) is 44.2 Å². The third-order valence-electron chi connectivity index (χ3n) is 3.80. The van der Waals surface area contributed by atoms with Crippen LogP contribution in [0.2, 0.25) is 5.02 Å². The van der Waals surface area contributed by atoms with E-state index in [-0.39, 0.29) is 35.8 Å². The zero-order chi connectivity index (χ0) is 19.6. The van der Waals surface area contributed by atoms with Crippen molar-refractivity contribution in [2.75, 3.05) is 18.9 Å². The van der Waals surface area contributed by atoms with Crippen LogP contribution in [-0.4, -0.2) is 39.8 Å². The van der Waals surface area contributed by atoms with Gasteiger partial charge in [0, 0.05) is 10.6 Å². The minimum absolute atomic E-state index is 0.0300. The molecule has 3 rings (SSSR count). The highest BCUT2D eigenvalue weighted by Gasteiger charge is 2.25. The van der Waals surface area contributed by atoms with Crippen molar-refractivity contribution in [1.29, 1.82) is 0 Å². The molecule has 0 atom stereocenters. The van der Waals surface area contributed by atoms with E-state index in [1.54, 1.807) is 38.1 Å². The molecule has 0 aliphatic carbocycles. The van der Waals surface area contributed by atoms with Crippen LogP contribution in [0.15, 0.2) is 30.3 Å². The van der Waals surface area contributed by atoms with E-state index in [2.05, 4.69) is 10.2 Å². The fourth-order valence-corrected chi connectivity index (χ4v) is 2.73. The van der Waals surface area contributed by atoms with E-state index in [0.717, 1.165) is 0 Å². The van der Waals surface area contributed by atoms with Crippen LogP contribution in [0.4, 0.5) is 5.82 Å². The molecule has 0 amide bonds. The first-order valence-corrected chi connectivity index (χ1v) is 8.63. The molecule has 140 valence electrons. The standard InChI is InChI=1S/C18H17ClN4O4/c1-3-26-17(24)12-9-13(18(25)27-4-2)16-22-21-15(23(16)14(12)20)10-5-7-11(19)8-6-10/h5-9H,3-4,20H2,1-2H3. The minimum Gasteiger partial charge on any atom is -0.462 e. The van der Waals surface area contributed by atoms with E-state index in [1.165, 1.54) is 10.5 Å². The summed E-state index contributed by atoms with van der Waals surface area (Å²) in [4.78, 5) is 24.7. The second kappa shape index (κ2) is 7.63. The van der Waals surface area contributed by atoms with Gasteiger partial charge in [0.05, 0.1) is 13.2 Å². The first kappa shape index (κ1) is 18.7. The number of carbonyl (C=O) groups excluding carboxylic acids is 2. The van der Waals surface area contributed by atoms with Gasteiger partial charge in [-0.3, -0.25) is 4.40 Å². The Labute approximate surface area is 159 Å². The molecule has 9 heteroatoms. The predicted octanol–water partition coefficient (Wildman–Crippen LogP) is 2.99. The highest BCUT2D eigenvalue weighted by molar-refractivity contribution is 6.30. The summed E-state index contributed by atoms with van der Waals surface area (Å²) in [5.41, 5.74) is 7.16. The third-order valence-corrected chi connectivity index (χ3v) is 4.05. The van der Waals surface area contributed by atoms with Crippen molar-refractivity contribution < 1.29 is 19.1 Å². The number of benzene rings is 1. The molecule has 0 spiro atoms. The lowest BCUT2D eigenvalue weighted by atomic mass is 10.1. The highest BCUT2D eigenvalue weighted by Crippen LogP contribution is 2.28. The van der Waals surface area contributed by atoms with E-state index < -0.39 is 11.9 Å². The van der Waals surface area contributed by atoms with E-state index in [0.29, 0.717) is 16.4 Å². The second-order valence-electron chi connectivity index (χ2n) is 5.49. The molecule has 0 saturated heterocycles. The summed E-state index contributed by atoms with van der Waals surface area (Å²) in [5.74, 6) is -0.872. The lowest BCUT2D eigenvalue weighted by molar-refractivity contribution is 0.0526. The normalized spacial score (nSPS) is 10.8. The Morgan fingerprint density at radius 1 is 1.04 bits per heavy atom. The molecule has 27 heavy (non-hydrogen) atoms. The van der Waals surface area contributed by atoms with Gasteiger partial charge in [-0.15, -0.1) is 10.2 Å². The van der Waals surface area contributed by atoms with Gasteiger partial charge in [0.15, 0.2) is 11.5 Å². The lowest BCUT2D eigenvalue weighted by Gasteiger charge is -2.12. The summed E-state index contributed by atoms with van der Waals surface area (Å²) < 4.78 is 11.6. The van der Waals surface area contributed by atoms with Gasteiger partial charge in [0.1, 0.15) is 16.9 Å². The fraction of sp³-hybridized carbons (Fsp3) is 0.222. The van der Waals surface area contributed by atoms with Crippen molar-refractivity contribution in [3.05, 3.63) is 46.5 Å². The summed E-state index contributed by atoms with van der Waals surface area (Å²) in [5, 5.41) is 8.77. The van der Waals surface area contributed by atoms with E-state index >= 15 is 0 Å². The molecule has 2 N–H and O–H groups in total. The first-order valence-electron chi connectivity index (χ1n) is 8.25. The van der Waals surface area contributed by atoms with Gasteiger partial charge in [-0.2, -0.15) is 0 Å². The number of fused-ring (bicyclic) bond motifs is 1. The summed E-state index contributed by atoms with van der Waals surface area (Å²) in [6, 6.07) is 8.17. The number of ether oxygens (including phenoxy) is 2. The number of hydrogen-bond acceptors (Lipinski definition) is 7. The number of halogens is 1. The van der Waals surface area contributed by atoms with Crippen molar-refractivity contribution in [2.45, 2.75) is 13.8 Å². The minimum atomic E-state index is -0.654. The first-order chi connectivity index (χ1) is 13.0. The quantitative estimate of drug-likeness (QED) is 0.669. The van der Waals surface area contributed by atoms with Crippen LogP contribution in [-0.2, 0) is 9.47 Å². The molecule has 0 unspecified atom stereocenters. The van der Waals surface area contributed by atoms with Crippen LogP contribution in [0, 0.1) is 0 Å². The Bertz CT molecular complexity index is 1010. The van der Waals surface area contributed by atoms with Crippen molar-refractivity contribution >= 4 is 35.0 Å². The second-order valence-corrected chi connectivity index (χ2v) is 5.92. The zero-order valence-electron chi connectivity index (χ0n) is 14.7. The van der Waals surface area contributed by atoms with Crippen molar-refractivity contribution in [3.63, 3.8) is 0 Å². The topological polar surface area (TPSA) is 109 Å². The Balaban J connectivity index is 2.29. The SMILES string of the molecule is CCOC(=O)c1cc(C(=O)OCC)c2nnc(-c3ccc(Cl)cc3)n2c1N. The maximum absolute atomic E-state index is 12.4. The van der Waals surface area contributed by atoms with E-state index in [1.807, 2.05) is 0 Å². The third kappa shape index (κ3) is 3.43. The van der Waals surface area contributed by atoms with Crippen LogP contribution in [0.25, 0.3) is 17.0 Å². The lowest BCUT2D eigenvalue weighted by Crippen LogP contribution is -2.16. The number of hydrogen-bond donors (Lipinski definition) is 1. The number of anilines is 1. The van der Waals surface area contributed by atoms with Crippen LogP contribution in [0.1, 0.15) is 34.6 Å². The molecule has 0 aliphatic rings. The molecule has 0 aliphatic heterocycles. The molecule has 0 saturated carbocycles. The Hall–Kier alpha value is -3.13. The smallest absolute Gasteiger partial charge is 0.342 e. The maximum Gasteiger partial charge on any atom is 0.342 e. The number of nitrogen functional groups attached to an aromatic ring is 1. The Morgan fingerprint density at radius 3 is 2.22 bits per heavy atom. The van der Waals surface area contributed by atoms with E-state index in [9.17, 15) is 9.59 Å². The number of rotatable bonds is 5. The van der Waals surface area contributed by atoms with Gasteiger partial charge in [0.2, 0.25) is 0 Å². The number of nitrogens with two attached hydrogens (primary N) is 1. The largest absolute Gasteiger partial charge is 0.462 e. The average Bonchev–Trinajstić information content (AvgIpc) is 3.08. The highest BCUT2D eigenvalue weighted by atomic mass is 35.5. The molecule has 0 bridgehead atoms. The summed E-state index contributed by atoms with van der Waals surface area (Å²) >= 11 is 5.94. The van der Waals surface area contributed by atoms with Gasteiger partial charge < -0.3 is 15.2 Å². The molecular weight excluding hydrogens is 372 g/mol. The van der Waals surface area contributed by atoms with Crippen LogP contribution in [0.3, 0.4) is 0 Å². The maximum atomic E-state index is 12.4.